The number of amides is 1. The lowest BCUT2D eigenvalue weighted by molar-refractivity contribution is -0.113. The number of nitrogens with one attached hydrogen (secondary N) is 1. The Kier molecular flexibility index (Phi) is 4.77. The molecule has 2 aromatic rings. The van der Waals surface area contributed by atoms with Gasteiger partial charge in [-0.3, -0.25) is 4.79 Å². The Morgan fingerprint density at radius 2 is 2.18 bits per heavy atom. The van der Waals surface area contributed by atoms with Gasteiger partial charge in [0.05, 0.1) is 5.02 Å². The van der Waals surface area contributed by atoms with E-state index in [0.29, 0.717) is 0 Å². The SMILES string of the molecule is Cc1nc(CS(=O)(=O)CC(=O)Nc2ccc(Cl)c(F)c2)no1. The molecule has 1 amide bonds. The number of carbonyl (C=O) groups is 1. The van der Waals surface area contributed by atoms with Crippen LogP contribution in [0.25, 0.3) is 0 Å². The Labute approximate surface area is 130 Å². The molecule has 1 aromatic carbocycles. The molecule has 0 spiro atoms. The van der Waals surface area contributed by atoms with Gasteiger partial charge in [-0.05, 0) is 18.2 Å². The van der Waals surface area contributed by atoms with E-state index in [-0.39, 0.29) is 22.4 Å². The van der Waals surface area contributed by atoms with Gasteiger partial charge in [0.2, 0.25) is 11.8 Å². The van der Waals surface area contributed by atoms with Gasteiger partial charge in [-0.1, -0.05) is 16.8 Å². The van der Waals surface area contributed by atoms with Crippen LogP contribution in [-0.2, 0) is 20.4 Å². The van der Waals surface area contributed by atoms with E-state index in [1.54, 1.807) is 0 Å². The minimum Gasteiger partial charge on any atom is -0.340 e. The zero-order valence-electron chi connectivity index (χ0n) is 11.3. The first-order chi connectivity index (χ1) is 10.2. The summed E-state index contributed by atoms with van der Waals surface area (Å²) in [5.74, 6) is -2.63. The third-order valence-corrected chi connectivity index (χ3v) is 4.18. The van der Waals surface area contributed by atoms with Gasteiger partial charge in [-0.15, -0.1) is 0 Å². The minimum absolute atomic E-state index is 0.0252. The molecule has 0 atom stereocenters. The largest absolute Gasteiger partial charge is 0.340 e. The summed E-state index contributed by atoms with van der Waals surface area (Å²) >= 11 is 5.51. The number of sulfone groups is 1. The molecule has 0 bridgehead atoms. The molecule has 22 heavy (non-hydrogen) atoms. The second-order valence-corrected chi connectivity index (χ2v) is 6.91. The fourth-order valence-electron chi connectivity index (χ4n) is 1.62. The van der Waals surface area contributed by atoms with Crippen molar-refractivity contribution in [1.82, 2.24) is 10.1 Å². The Balaban J connectivity index is 1.99. The molecule has 0 unspecified atom stereocenters. The number of aryl methyl sites for hydroxylation is 1. The topological polar surface area (TPSA) is 102 Å². The maximum Gasteiger partial charge on any atom is 0.239 e. The average molecular weight is 348 g/mol. The van der Waals surface area contributed by atoms with Gasteiger partial charge in [0.15, 0.2) is 15.7 Å². The molecule has 0 radical (unpaired) electrons. The van der Waals surface area contributed by atoms with Crippen molar-refractivity contribution in [2.75, 3.05) is 11.1 Å². The molecule has 0 aliphatic rings. The normalized spacial score (nSPS) is 11.4. The third kappa shape index (κ3) is 4.50. The molecule has 0 aliphatic heterocycles. The monoisotopic (exact) mass is 347 g/mol. The first-order valence-electron chi connectivity index (χ1n) is 6.00. The van der Waals surface area contributed by atoms with Crippen LogP contribution in [0.5, 0.6) is 0 Å². The zero-order chi connectivity index (χ0) is 16.3. The highest BCUT2D eigenvalue weighted by molar-refractivity contribution is 7.91. The predicted molar refractivity (Wildman–Crippen MR) is 76.6 cm³/mol. The van der Waals surface area contributed by atoms with Crippen LogP contribution in [0.1, 0.15) is 11.7 Å². The average Bonchev–Trinajstić information content (AvgIpc) is 2.77. The van der Waals surface area contributed by atoms with Gasteiger partial charge >= 0.3 is 0 Å². The van der Waals surface area contributed by atoms with Crippen LogP contribution in [-0.4, -0.2) is 30.2 Å². The first-order valence-corrected chi connectivity index (χ1v) is 8.19. The quantitative estimate of drug-likeness (QED) is 0.883. The van der Waals surface area contributed by atoms with Gasteiger partial charge in [-0.25, -0.2) is 12.8 Å². The number of aromatic nitrogens is 2. The molecule has 1 aromatic heterocycles. The molecule has 0 fully saturated rings. The van der Waals surface area contributed by atoms with Crippen molar-refractivity contribution in [1.29, 1.82) is 0 Å². The Hall–Kier alpha value is -2.00. The van der Waals surface area contributed by atoms with E-state index in [9.17, 15) is 17.6 Å². The second-order valence-electron chi connectivity index (χ2n) is 4.44. The summed E-state index contributed by atoms with van der Waals surface area (Å²) in [4.78, 5) is 15.5. The van der Waals surface area contributed by atoms with E-state index < -0.39 is 33.1 Å². The van der Waals surface area contributed by atoms with E-state index in [0.717, 1.165) is 6.07 Å². The molecule has 0 saturated heterocycles. The number of halogens is 2. The van der Waals surface area contributed by atoms with Crippen LogP contribution in [0, 0.1) is 12.7 Å². The van der Waals surface area contributed by atoms with Crippen molar-refractivity contribution in [2.45, 2.75) is 12.7 Å². The third-order valence-electron chi connectivity index (χ3n) is 2.47. The van der Waals surface area contributed by atoms with Gasteiger partial charge in [0.1, 0.15) is 17.3 Å². The number of benzene rings is 1. The fraction of sp³-hybridized carbons (Fsp3) is 0.250. The summed E-state index contributed by atoms with van der Waals surface area (Å²) in [5.41, 5.74) is 0.109. The summed E-state index contributed by atoms with van der Waals surface area (Å²) < 4.78 is 41.6. The molecule has 10 heteroatoms. The summed E-state index contributed by atoms with van der Waals surface area (Å²) in [7, 11) is -3.78. The Morgan fingerprint density at radius 1 is 1.45 bits per heavy atom. The van der Waals surface area contributed by atoms with Crippen LogP contribution in [0.2, 0.25) is 5.02 Å². The highest BCUT2D eigenvalue weighted by atomic mass is 35.5. The zero-order valence-corrected chi connectivity index (χ0v) is 12.9. The van der Waals surface area contributed by atoms with Crippen molar-refractivity contribution < 1.29 is 22.1 Å². The summed E-state index contributed by atoms with van der Waals surface area (Å²) in [5, 5.41) is 5.63. The lowest BCUT2D eigenvalue weighted by atomic mass is 10.3. The van der Waals surface area contributed by atoms with E-state index in [1.165, 1.54) is 19.1 Å². The number of rotatable bonds is 5. The molecule has 118 valence electrons. The summed E-state index contributed by atoms with van der Waals surface area (Å²) in [6.07, 6.45) is 0. The van der Waals surface area contributed by atoms with E-state index in [2.05, 4.69) is 20.0 Å². The molecule has 1 N–H and O–H groups in total. The molecular weight excluding hydrogens is 337 g/mol. The first kappa shape index (κ1) is 16.4. The number of hydrogen-bond donors (Lipinski definition) is 1. The van der Waals surface area contributed by atoms with Crippen molar-refractivity contribution in [2.24, 2.45) is 0 Å². The van der Waals surface area contributed by atoms with Crippen LogP contribution in [0.3, 0.4) is 0 Å². The Bertz CT molecular complexity index is 806. The number of carbonyl (C=O) groups excluding carboxylic acids is 1. The van der Waals surface area contributed by atoms with Crippen molar-refractivity contribution in [3.63, 3.8) is 0 Å². The molecular formula is C12H11ClFN3O4S. The maximum atomic E-state index is 13.2. The molecule has 1 heterocycles. The second kappa shape index (κ2) is 6.41. The van der Waals surface area contributed by atoms with Crippen LogP contribution < -0.4 is 5.32 Å². The van der Waals surface area contributed by atoms with Gasteiger partial charge in [-0.2, -0.15) is 4.98 Å². The smallest absolute Gasteiger partial charge is 0.239 e. The summed E-state index contributed by atoms with van der Waals surface area (Å²) in [6, 6.07) is 3.61. The van der Waals surface area contributed by atoms with E-state index in [1.807, 2.05) is 0 Å². The van der Waals surface area contributed by atoms with Crippen molar-refractivity contribution in [3.8, 4) is 0 Å². The van der Waals surface area contributed by atoms with Gasteiger partial charge in [0, 0.05) is 12.6 Å². The number of anilines is 1. The molecule has 0 saturated carbocycles. The van der Waals surface area contributed by atoms with Gasteiger partial charge in [0.25, 0.3) is 0 Å². The molecule has 7 nitrogen and oxygen atoms in total. The van der Waals surface area contributed by atoms with E-state index >= 15 is 0 Å². The van der Waals surface area contributed by atoms with E-state index in [4.69, 9.17) is 11.6 Å². The fourth-order valence-corrected chi connectivity index (χ4v) is 2.82. The van der Waals surface area contributed by atoms with Crippen LogP contribution >= 0.6 is 11.6 Å². The van der Waals surface area contributed by atoms with Crippen molar-refractivity contribution >= 4 is 33.0 Å². The number of nitrogens with zero attached hydrogens (tertiary/aromatic N) is 2. The lowest BCUT2D eigenvalue weighted by Crippen LogP contribution is -2.24. The number of hydrogen-bond acceptors (Lipinski definition) is 6. The van der Waals surface area contributed by atoms with Crippen molar-refractivity contribution in [3.05, 3.63) is 40.8 Å². The highest BCUT2D eigenvalue weighted by Crippen LogP contribution is 2.18. The standard InChI is InChI=1S/C12H11ClFN3O4S/c1-7-15-11(17-21-7)5-22(19,20)6-12(18)16-8-2-3-9(13)10(14)4-8/h2-4H,5-6H2,1H3,(H,16,18). The molecule has 0 aliphatic carbocycles. The lowest BCUT2D eigenvalue weighted by Gasteiger charge is -2.06. The minimum atomic E-state index is -3.78. The maximum absolute atomic E-state index is 13.2. The summed E-state index contributed by atoms with van der Waals surface area (Å²) in [6.45, 7) is 1.52. The Morgan fingerprint density at radius 3 is 2.77 bits per heavy atom. The van der Waals surface area contributed by atoms with Crippen LogP contribution in [0.4, 0.5) is 10.1 Å². The van der Waals surface area contributed by atoms with Crippen LogP contribution in [0.15, 0.2) is 22.7 Å². The predicted octanol–water partition coefficient (Wildman–Crippen LogP) is 1.72. The molecule has 2 rings (SSSR count). The highest BCUT2D eigenvalue weighted by Gasteiger charge is 2.20. The van der Waals surface area contributed by atoms with Gasteiger partial charge < -0.3 is 9.84 Å².